The SMILES string of the molecule is COc1ccccc1OCc1cnc(N)n1C. The van der Waals surface area contributed by atoms with E-state index in [9.17, 15) is 0 Å². The maximum Gasteiger partial charge on any atom is 0.200 e. The number of nitrogens with two attached hydrogens (primary N) is 1. The highest BCUT2D eigenvalue weighted by Gasteiger charge is 2.06. The Morgan fingerprint density at radius 3 is 2.59 bits per heavy atom. The van der Waals surface area contributed by atoms with Gasteiger partial charge in [-0.25, -0.2) is 4.98 Å². The molecule has 90 valence electrons. The average Bonchev–Trinajstić information content (AvgIpc) is 2.68. The van der Waals surface area contributed by atoms with Crippen molar-refractivity contribution in [1.82, 2.24) is 9.55 Å². The van der Waals surface area contributed by atoms with E-state index in [2.05, 4.69) is 4.98 Å². The van der Waals surface area contributed by atoms with Gasteiger partial charge in [0, 0.05) is 7.05 Å². The molecule has 1 aromatic heterocycles. The van der Waals surface area contributed by atoms with Gasteiger partial charge in [-0.2, -0.15) is 0 Å². The topological polar surface area (TPSA) is 62.3 Å². The lowest BCUT2D eigenvalue weighted by molar-refractivity contribution is 0.277. The van der Waals surface area contributed by atoms with Gasteiger partial charge in [-0.15, -0.1) is 0 Å². The van der Waals surface area contributed by atoms with Gasteiger partial charge in [0.2, 0.25) is 0 Å². The number of methoxy groups -OCH3 is 1. The van der Waals surface area contributed by atoms with E-state index >= 15 is 0 Å². The fourth-order valence-corrected chi connectivity index (χ4v) is 1.48. The zero-order valence-corrected chi connectivity index (χ0v) is 9.88. The second-order valence-corrected chi connectivity index (χ2v) is 3.61. The molecule has 0 bridgehead atoms. The third-order valence-corrected chi connectivity index (χ3v) is 2.56. The van der Waals surface area contributed by atoms with Gasteiger partial charge in [0.05, 0.1) is 19.0 Å². The summed E-state index contributed by atoms with van der Waals surface area (Å²) < 4.78 is 12.7. The maximum absolute atomic E-state index is 5.67. The minimum Gasteiger partial charge on any atom is -0.493 e. The van der Waals surface area contributed by atoms with Crippen LogP contribution in [0.3, 0.4) is 0 Å². The summed E-state index contributed by atoms with van der Waals surface area (Å²) in [5.74, 6) is 1.89. The van der Waals surface area contributed by atoms with Crippen LogP contribution in [-0.2, 0) is 13.7 Å². The molecule has 0 radical (unpaired) electrons. The van der Waals surface area contributed by atoms with Crippen molar-refractivity contribution in [3.8, 4) is 11.5 Å². The van der Waals surface area contributed by atoms with E-state index in [1.807, 2.05) is 31.3 Å². The van der Waals surface area contributed by atoms with Crippen molar-refractivity contribution in [3.63, 3.8) is 0 Å². The molecule has 0 saturated heterocycles. The number of imidazole rings is 1. The second kappa shape index (κ2) is 4.78. The first kappa shape index (κ1) is 11.3. The molecule has 2 aromatic rings. The average molecular weight is 233 g/mol. The van der Waals surface area contributed by atoms with E-state index in [1.54, 1.807) is 17.9 Å². The minimum absolute atomic E-state index is 0.404. The van der Waals surface area contributed by atoms with Gasteiger partial charge in [0.25, 0.3) is 0 Å². The van der Waals surface area contributed by atoms with Crippen LogP contribution in [0.5, 0.6) is 11.5 Å². The maximum atomic E-state index is 5.67. The summed E-state index contributed by atoms with van der Waals surface area (Å²) in [6.45, 7) is 0.404. The van der Waals surface area contributed by atoms with Crippen molar-refractivity contribution in [3.05, 3.63) is 36.2 Å². The molecule has 1 aromatic carbocycles. The third-order valence-electron chi connectivity index (χ3n) is 2.56. The summed E-state index contributed by atoms with van der Waals surface area (Å²) in [7, 11) is 3.47. The predicted molar refractivity (Wildman–Crippen MR) is 64.9 cm³/mol. The van der Waals surface area contributed by atoms with Crippen molar-refractivity contribution < 1.29 is 9.47 Å². The predicted octanol–water partition coefficient (Wildman–Crippen LogP) is 1.59. The first-order valence-corrected chi connectivity index (χ1v) is 5.24. The molecule has 0 spiro atoms. The second-order valence-electron chi connectivity index (χ2n) is 3.61. The Bertz CT molecular complexity index is 508. The van der Waals surface area contributed by atoms with E-state index in [0.717, 1.165) is 5.69 Å². The largest absolute Gasteiger partial charge is 0.493 e. The van der Waals surface area contributed by atoms with E-state index in [1.165, 1.54) is 0 Å². The Hall–Kier alpha value is -2.17. The first-order chi connectivity index (χ1) is 8.22. The van der Waals surface area contributed by atoms with Crippen LogP contribution in [-0.4, -0.2) is 16.7 Å². The van der Waals surface area contributed by atoms with Crippen LogP contribution in [0.25, 0.3) is 0 Å². The molecule has 5 heteroatoms. The van der Waals surface area contributed by atoms with Crippen LogP contribution in [0.2, 0.25) is 0 Å². The molecule has 0 saturated carbocycles. The van der Waals surface area contributed by atoms with Crippen LogP contribution in [0, 0.1) is 0 Å². The first-order valence-electron chi connectivity index (χ1n) is 5.24. The van der Waals surface area contributed by atoms with Gasteiger partial charge in [0.15, 0.2) is 17.4 Å². The summed E-state index contributed by atoms with van der Waals surface area (Å²) in [6, 6.07) is 7.51. The van der Waals surface area contributed by atoms with Gasteiger partial charge in [-0.1, -0.05) is 12.1 Å². The van der Waals surface area contributed by atoms with Crippen molar-refractivity contribution in [2.45, 2.75) is 6.61 Å². The van der Waals surface area contributed by atoms with Gasteiger partial charge in [-0.05, 0) is 12.1 Å². The molecule has 2 rings (SSSR count). The van der Waals surface area contributed by atoms with Gasteiger partial charge in [-0.3, -0.25) is 0 Å². The molecule has 0 aliphatic carbocycles. The Labute approximate surface area is 99.8 Å². The summed E-state index contributed by atoms with van der Waals surface area (Å²) >= 11 is 0. The van der Waals surface area contributed by atoms with E-state index in [0.29, 0.717) is 24.1 Å². The van der Waals surface area contributed by atoms with Crippen molar-refractivity contribution >= 4 is 5.95 Å². The van der Waals surface area contributed by atoms with Crippen LogP contribution < -0.4 is 15.2 Å². The van der Waals surface area contributed by atoms with E-state index < -0.39 is 0 Å². The van der Waals surface area contributed by atoms with Crippen molar-refractivity contribution in [1.29, 1.82) is 0 Å². The number of nitrogens with zero attached hydrogens (tertiary/aromatic N) is 2. The molecule has 0 aliphatic heterocycles. The zero-order chi connectivity index (χ0) is 12.3. The Balaban J connectivity index is 2.10. The van der Waals surface area contributed by atoms with Crippen molar-refractivity contribution in [2.75, 3.05) is 12.8 Å². The molecule has 0 amide bonds. The van der Waals surface area contributed by atoms with Gasteiger partial charge < -0.3 is 19.8 Å². The summed E-state index contributed by atoms with van der Waals surface area (Å²) in [4.78, 5) is 4.00. The Kier molecular flexibility index (Phi) is 3.18. The van der Waals surface area contributed by atoms with Crippen LogP contribution in [0.1, 0.15) is 5.69 Å². The highest BCUT2D eigenvalue weighted by molar-refractivity contribution is 5.39. The minimum atomic E-state index is 0.404. The summed E-state index contributed by atoms with van der Waals surface area (Å²) in [5, 5.41) is 0. The number of ether oxygens (including phenoxy) is 2. The zero-order valence-electron chi connectivity index (χ0n) is 9.88. The third kappa shape index (κ3) is 2.33. The lowest BCUT2D eigenvalue weighted by Crippen LogP contribution is -2.05. The molecular formula is C12H15N3O2. The number of aromatic nitrogens is 2. The molecule has 1 heterocycles. The Morgan fingerprint density at radius 2 is 2.00 bits per heavy atom. The van der Waals surface area contributed by atoms with Gasteiger partial charge >= 0.3 is 0 Å². The number of hydrogen-bond acceptors (Lipinski definition) is 4. The number of rotatable bonds is 4. The lowest BCUT2D eigenvalue weighted by atomic mass is 10.3. The molecule has 5 nitrogen and oxygen atoms in total. The van der Waals surface area contributed by atoms with Crippen molar-refractivity contribution in [2.24, 2.45) is 7.05 Å². The standard InChI is InChI=1S/C12H15N3O2/c1-15-9(7-14-12(15)13)8-17-11-6-4-3-5-10(11)16-2/h3-7H,8H2,1-2H3,(H2,13,14). The number of benzene rings is 1. The quantitative estimate of drug-likeness (QED) is 0.871. The van der Waals surface area contributed by atoms with E-state index in [-0.39, 0.29) is 0 Å². The smallest absolute Gasteiger partial charge is 0.200 e. The molecule has 0 atom stereocenters. The molecule has 17 heavy (non-hydrogen) atoms. The summed E-state index contributed by atoms with van der Waals surface area (Å²) in [5.41, 5.74) is 6.55. The highest BCUT2D eigenvalue weighted by Crippen LogP contribution is 2.26. The monoisotopic (exact) mass is 233 g/mol. The van der Waals surface area contributed by atoms with Gasteiger partial charge in [0.1, 0.15) is 6.61 Å². The Morgan fingerprint density at radius 1 is 1.29 bits per heavy atom. The molecular weight excluding hydrogens is 218 g/mol. The molecule has 0 fully saturated rings. The number of hydrogen-bond donors (Lipinski definition) is 1. The van der Waals surface area contributed by atoms with Crippen LogP contribution in [0.4, 0.5) is 5.95 Å². The van der Waals surface area contributed by atoms with Crippen LogP contribution in [0.15, 0.2) is 30.5 Å². The molecule has 2 N–H and O–H groups in total. The lowest BCUT2D eigenvalue weighted by Gasteiger charge is -2.10. The number of para-hydroxylation sites is 2. The molecule has 0 unspecified atom stereocenters. The molecule has 0 aliphatic rings. The normalized spacial score (nSPS) is 10.2. The van der Waals surface area contributed by atoms with E-state index in [4.69, 9.17) is 15.2 Å². The highest BCUT2D eigenvalue weighted by atomic mass is 16.5. The number of nitrogen functional groups attached to an aromatic ring is 1. The summed E-state index contributed by atoms with van der Waals surface area (Å²) in [6.07, 6.45) is 1.70. The number of anilines is 1. The fraction of sp³-hybridized carbons (Fsp3) is 0.250. The van der Waals surface area contributed by atoms with Crippen LogP contribution >= 0.6 is 0 Å². The fourth-order valence-electron chi connectivity index (χ4n) is 1.48.